The molecule has 1 aliphatic rings. The number of esters is 1. The van der Waals surface area contributed by atoms with Crippen LogP contribution in [0.5, 0.6) is 5.75 Å². The molecule has 1 aromatic rings. The highest BCUT2D eigenvalue weighted by Crippen LogP contribution is 2.39. The van der Waals surface area contributed by atoms with Gasteiger partial charge in [-0.3, -0.25) is 0 Å². The van der Waals surface area contributed by atoms with E-state index in [9.17, 15) is 27.2 Å². The highest BCUT2D eigenvalue weighted by atomic mass is 19.4. The molecule has 5 nitrogen and oxygen atoms in total. The second-order valence-electron chi connectivity index (χ2n) is 4.54. The monoisotopic (exact) mass is 334 g/mol. The van der Waals surface area contributed by atoms with Crippen molar-refractivity contribution in [2.24, 2.45) is 0 Å². The van der Waals surface area contributed by atoms with Gasteiger partial charge in [0.25, 0.3) is 0 Å². The molecule has 0 bridgehead atoms. The number of hydrogen-bond donors (Lipinski definition) is 1. The molecule has 23 heavy (non-hydrogen) atoms. The van der Waals surface area contributed by atoms with E-state index >= 15 is 0 Å². The lowest BCUT2D eigenvalue weighted by molar-refractivity contribution is -0.188. The zero-order valence-electron chi connectivity index (χ0n) is 11.6. The van der Waals surface area contributed by atoms with Crippen molar-refractivity contribution in [3.05, 3.63) is 34.6 Å². The number of rotatable bonds is 3. The summed E-state index contributed by atoms with van der Waals surface area (Å²) in [6.45, 7) is 1.23. The van der Waals surface area contributed by atoms with Crippen molar-refractivity contribution in [3.8, 4) is 5.75 Å². The third kappa shape index (κ3) is 3.27. The Labute approximate surface area is 127 Å². The van der Waals surface area contributed by atoms with Crippen LogP contribution >= 0.6 is 0 Å². The number of aromatic carboxylic acids is 1. The number of fused-ring (bicyclic) bond motifs is 1. The largest absolute Gasteiger partial charge is 0.478 e. The summed E-state index contributed by atoms with van der Waals surface area (Å²) >= 11 is 0. The number of carboxylic acids is 1. The Balaban J connectivity index is 2.64. The molecule has 0 fully saturated rings. The summed E-state index contributed by atoms with van der Waals surface area (Å²) in [7, 11) is 0. The summed E-state index contributed by atoms with van der Waals surface area (Å²) in [4.78, 5) is 22.7. The fourth-order valence-corrected chi connectivity index (χ4v) is 2.06. The summed E-state index contributed by atoms with van der Waals surface area (Å²) in [5, 5.41) is 8.97. The van der Waals surface area contributed by atoms with Crippen LogP contribution in [-0.4, -0.2) is 35.9 Å². The van der Waals surface area contributed by atoms with Gasteiger partial charge < -0.3 is 14.6 Å². The van der Waals surface area contributed by atoms with Gasteiger partial charge in [-0.1, -0.05) is 0 Å². The number of carboxylic acid groups (broad SMARTS) is 1. The van der Waals surface area contributed by atoms with E-state index < -0.39 is 46.9 Å². The fraction of sp³-hybridized carbons (Fsp3) is 0.286. The molecule has 0 radical (unpaired) electrons. The average molecular weight is 334 g/mol. The predicted octanol–water partition coefficient (Wildman–Crippen LogP) is 2.79. The van der Waals surface area contributed by atoms with Gasteiger partial charge in [-0.15, -0.1) is 0 Å². The molecular weight excluding hydrogens is 324 g/mol. The molecule has 1 atom stereocenters. The van der Waals surface area contributed by atoms with Crippen LogP contribution in [0.1, 0.15) is 22.8 Å². The van der Waals surface area contributed by atoms with Gasteiger partial charge in [-0.05, 0) is 25.1 Å². The minimum atomic E-state index is -4.99. The van der Waals surface area contributed by atoms with E-state index in [-0.39, 0.29) is 12.2 Å². The van der Waals surface area contributed by atoms with Crippen molar-refractivity contribution in [1.82, 2.24) is 0 Å². The number of ether oxygens (including phenoxy) is 2. The number of carbonyl (C=O) groups is 2. The summed E-state index contributed by atoms with van der Waals surface area (Å²) in [6, 6.07) is 1.31. The highest BCUT2D eigenvalue weighted by molar-refractivity contribution is 5.99. The standard InChI is InChI=1S/C14H10F4O5/c1-2-22-13(21)9-4-6-3-7(15)5-8(12(19)20)10(6)23-11(9)14(16,17)18/h3-5,11H,2H2,1H3,(H,19,20). The van der Waals surface area contributed by atoms with E-state index in [4.69, 9.17) is 5.11 Å². The Morgan fingerprint density at radius 2 is 2.00 bits per heavy atom. The van der Waals surface area contributed by atoms with Gasteiger partial charge in [0.05, 0.1) is 12.2 Å². The minimum Gasteiger partial charge on any atom is -0.478 e. The van der Waals surface area contributed by atoms with E-state index in [0.29, 0.717) is 6.07 Å². The van der Waals surface area contributed by atoms with Crippen molar-refractivity contribution in [2.45, 2.75) is 19.2 Å². The lowest BCUT2D eigenvalue weighted by Crippen LogP contribution is -2.41. The van der Waals surface area contributed by atoms with E-state index in [0.717, 1.165) is 12.1 Å². The Kier molecular flexibility index (Phi) is 4.31. The Hall–Kier alpha value is -2.58. The first-order valence-corrected chi connectivity index (χ1v) is 6.34. The molecule has 1 aromatic carbocycles. The Morgan fingerprint density at radius 3 is 2.52 bits per heavy atom. The maximum atomic E-state index is 13.4. The first-order valence-electron chi connectivity index (χ1n) is 6.34. The third-order valence-corrected chi connectivity index (χ3v) is 2.95. The first kappa shape index (κ1) is 16.8. The molecule has 1 N–H and O–H groups in total. The summed E-state index contributed by atoms with van der Waals surface area (Å²) in [5.74, 6) is -4.58. The average Bonchev–Trinajstić information content (AvgIpc) is 2.44. The molecule has 0 amide bonds. The Bertz CT molecular complexity index is 693. The van der Waals surface area contributed by atoms with Crippen molar-refractivity contribution < 1.29 is 41.7 Å². The molecule has 1 aliphatic heterocycles. The van der Waals surface area contributed by atoms with E-state index in [1.807, 2.05) is 0 Å². The number of hydrogen-bond acceptors (Lipinski definition) is 4. The maximum absolute atomic E-state index is 13.4. The van der Waals surface area contributed by atoms with Gasteiger partial charge >= 0.3 is 18.1 Å². The number of benzene rings is 1. The highest BCUT2D eigenvalue weighted by Gasteiger charge is 2.49. The summed E-state index contributed by atoms with van der Waals surface area (Å²) < 4.78 is 62.0. The predicted molar refractivity (Wildman–Crippen MR) is 68.4 cm³/mol. The summed E-state index contributed by atoms with van der Waals surface area (Å²) in [5.41, 5.74) is -1.94. The smallest absolute Gasteiger partial charge is 0.430 e. The molecule has 9 heteroatoms. The number of halogens is 4. The van der Waals surface area contributed by atoms with Crippen LogP contribution in [0, 0.1) is 5.82 Å². The molecular formula is C14H10F4O5. The SMILES string of the molecule is CCOC(=O)C1=Cc2cc(F)cc(C(=O)O)c2OC1C(F)(F)F. The normalized spacial score (nSPS) is 16.9. The van der Waals surface area contributed by atoms with Crippen LogP contribution in [-0.2, 0) is 9.53 Å². The van der Waals surface area contributed by atoms with Crippen molar-refractivity contribution >= 4 is 18.0 Å². The van der Waals surface area contributed by atoms with E-state index in [1.54, 1.807) is 0 Å². The Morgan fingerprint density at radius 1 is 1.35 bits per heavy atom. The van der Waals surface area contributed by atoms with Crippen LogP contribution in [0.2, 0.25) is 0 Å². The molecule has 0 saturated heterocycles. The van der Waals surface area contributed by atoms with Gasteiger partial charge in [0.2, 0.25) is 6.10 Å². The fourth-order valence-electron chi connectivity index (χ4n) is 2.06. The van der Waals surface area contributed by atoms with Gasteiger partial charge in [-0.2, -0.15) is 13.2 Å². The van der Waals surface area contributed by atoms with E-state index in [2.05, 4.69) is 9.47 Å². The molecule has 2 rings (SSSR count). The van der Waals surface area contributed by atoms with Crippen LogP contribution in [0.15, 0.2) is 17.7 Å². The zero-order valence-corrected chi connectivity index (χ0v) is 11.6. The van der Waals surface area contributed by atoms with Crippen LogP contribution < -0.4 is 4.74 Å². The van der Waals surface area contributed by atoms with Crippen LogP contribution in [0.3, 0.4) is 0 Å². The number of alkyl halides is 3. The summed E-state index contributed by atoms with van der Waals surface area (Å²) in [6.07, 6.45) is -6.96. The van der Waals surface area contributed by atoms with Gasteiger partial charge in [0.1, 0.15) is 17.1 Å². The molecule has 1 unspecified atom stereocenters. The van der Waals surface area contributed by atoms with Crippen molar-refractivity contribution in [2.75, 3.05) is 6.61 Å². The van der Waals surface area contributed by atoms with Gasteiger partial charge in [0, 0.05) is 5.56 Å². The minimum absolute atomic E-state index is 0.170. The van der Waals surface area contributed by atoms with Crippen molar-refractivity contribution in [3.63, 3.8) is 0 Å². The molecule has 0 aromatic heterocycles. The van der Waals surface area contributed by atoms with Crippen LogP contribution in [0.4, 0.5) is 17.6 Å². The number of carbonyl (C=O) groups excluding carboxylic acids is 1. The maximum Gasteiger partial charge on any atom is 0.430 e. The van der Waals surface area contributed by atoms with Crippen LogP contribution in [0.25, 0.3) is 6.08 Å². The second kappa shape index (κ2) is 5.90. The van der Waals surface area contributed by atoms with Gasteiger partial charge in [0.15, 0.2) is 0 Å². The molecule has 1 heterocycles. The van der Waals surface area contributed by atoms with Crippen molar-refractivity contribution in [1.29, 1.82) is 0 Å². The van der Waals surface area contributed by atoms with Gasteiger partial charge in [-0.25, -0.2) is 14.0 Å². The zero-order chi connectivity index (χ0) is 17.4. The van der Waals surface area contributed by atoms with E-state index in [1.165, 1.54) is 6.92 Å². The lowest BCUT2D eigenvalue weighted by Gasteiger charge is -2.28. The molecule has 0 spiro atoms. The molecule has 0 aliphatic carbocycles. The quantitative estimate of drug-likeness (QED) is 0.680. The lowest BCUT2D eigenvalue weighted by atomic mass is 9.98. The second-order valence-corrected chi connectivity index (χ2v) is 4.54. The molecule has 0 saturated carbocycles. The first-order chi connectivity index (χ1) is 10.6. The molecule has 124 valence electrons. The topological polar surface area (TPSA) is 72.8 Å². The third-order valence-electron chi connectivity index (χ3n) is 2.95.